The number of halogens is 1. The molecule has 2 N–H and O–H groups in total. The van der Waals surface area contributed by atoms with E-state index in [0.29, 0.717) is 5.41 Å². The first kappa shape index (κ1) is 8.70. The van der Waals surface area contributed by atoms with Gasteiger partial charge in [0.05, 0.1) is 0 Å². The fourth-order valence-corrected chi connectivity index (χ4v) is 1.91. The standard InChI is InChI=1S/C11H14FN/c12-10-3-1-9(2-4-10)11(5-6-11)7-8-13/h1-4H,5-8,13H2. The average Bonchev–Trinajstić information content (AvgIpc) is 2.87. The molecule has 0 radical (unpaired) electrons. The molecule has 1 aliphatic rings. The van der Waals surface area contributed by atoms with Gasteiger partial charge in [0, 0.05) is 0 Å². The first-order valence-corrected chi connectivity index (χ1v) is 4.73. The Balaban J connectivity index is 2.20. The second-order valence-electron chi connectivity index (χ2n) is 3.83. The van der Waals surface area contributed by atoms with Crippen LogP contribution in [-0.4, -0.2) is 6.54 Å². The van der Waals surface area contributed by atoms with Gasteiger partial charge in [-0.25, -0.2) is 4.39 Å². The third-order valence-electron chi connectivity index (χ3n) is 2.93. The second-order valence-corrected chi connectivity index (χ2v) is 3.83. The number of rotatable bonds is 3. The summed E-state index contributed by atoms with van der Waals surface area (Å²) in [5.74, 6) is -0.160. The van der Waals surface area contributed by atoms with Gasteiger partial charge in [-0.15, -0.1) is 0 Å². The van der Waals surface area contributed by atoms with Gasteiger partial charge in [-0.1, -0.05) is 12.1 Å². The van der Waals surface area contributed by atoms with Gasteiger partial charge in [-0.3, -0.25) is 0 Å². The Kier molecular flexibility index (Phi) is 2.08. The van der Waals surface area contributed by atoms with Crippen LogP contribution in [0.2, 0.25) is 0 Å². The molecule has 1 aromatic rings. The molecule has 70 valence electrons. The maximum absolute atomic E-state index is 12.7. The van der Waals surface area contributed by atoms with Crippen LogP contribution in [0.15, 0.2) is 24.3 Å². The number of hydrogen-bond donors (Lipinski definition) is 1. The number of benzene rings is 1. The lowest BCUT2D eigenvalue weighted by Crippen LogP contribution is -2.13. The SMILES string of the molecule is NCCC1(c2ccc(F)cc2)CC1. The molecule has 0 heterocycles. The fourth-order valence-electron chi connectivity index (χ4n) is 1.91. The van der Waals surface area contributed by atoms with Gasteiger partial charge in [0.25, 0.3) is 0 Å². The van der Waals surface area contributed by atoms with Crippen molar-refractivity contribution in [3.63, 3.8) is 0 Å². The molecule has 1 aromatic carbocycles. The summed E-state index contributed by atoms with van der Waals surface area (Å²) in [5, 5.41) is 0. The summed E-state index contributed by atoms with van der Waals surface area (Å²) >= 11 is 0. The molecule has 2 rings (SSSR count). The Hall–Kier alpha value is -0.890. The quantitative estimate of drug-likeness (QED) is 0.756. The van der Waals surface area contributed by atoms with Crippen molar-refractivity contribution < 1.29 is 4.39 Å². The lowest BCUT2D eigenvalue weighted by atomic mass is 9.92. The van der Waals surface area contributed by atoms with Crippen molar-refractivity contribution in [2.45, 2.75) is 24.7 Å². The van der Waals surface area contributed by atoms with E-state index in [0.717, 1.165) is 13.0 Å². The summed E-state index contributed by atoms with van der Waals surface area (Å²) in [7, 11) is 0. The van der Waals surface area contributed by atoms with E-state index in [4.69, 9.17) is 5.73 Å². The van der Waals surface area contributed by atoms with Crippen LogP contribution in [0.3, 0.4) is 0 Å². The fraction of sp³-hybridized carbons (Fsp3) is 0.455. The van der Waals surface area contributed by atoms with Crippen molar-refractivity contribution in [2.24, 2.45) is 5.73 Å². The minimum Gasteiger partial charge on any atom is -0.330 e. The van der Waals surface area contributed by atoms with E-state index < -0.39 is 0 Å². The molecule has 2 heteroatoms. The van der Waals surface area contributed by atoms with Crippen LogP contribution in [0.5, 0.6) is 0 Å². The summed E-state index contributed by atoms with van der Waals surface area (Å²) in [5.41, 5.74) is 7.09. The van der Waals surface area contributed by atoms with E-state index in [2.05, 4.69) is 0 Å². The molecule has 0 amide bonds. The summed E-state index contributed by atoms with van der Waals surface area (Å²) in [6.07, 6.45) is 3.43. The number of nitrogens with two attached hydrogens (primary N) is 1. The molecule has 13 heavy (non-hydrogen) atoms. The van der Waals surface area contributed by atoms with E-state index in [1.165, 1.54) is 30.5 Å². The zero-order valence-corrected chi connectivity index (χ0v) is 7.59. The van der Waals surface area contributed by atoms with Crippen molar-refractivity contribution in [2.75, 3.05) is 6.54 Å². The highest BCUT2D eigenvalue weighted by Crippen LogP contribution is 2.50. The predicted octanol–water partition coefficient (Wildman–Crippen LogP) is 2.21. The molecule has 0 unspecified atom stereocenters. The van der Waals surface area contributed by atoms with Gasteiger partial charge in [0.2, 0.25) is 0 Å². The highest BCUT2D eigenvalue weighted by atomic mass is 19.1. The van der Waals surface area contributed by atoms with Crippen molar-refractivity contribution in [1.82, 2.24) is 0 Å². The van der Waals surface area contributed by atoms with Gasteiger partial charge in [0.1, 0.15) is 5.82 Å². The Labute approximate surface area is 77.8 Å². The molecule has 1 saturated carbocycles. The lowest BCUT2D eigenvalue weighted by Gasteiger charge is -2.13. The van der Waals surface area contributed by atoms with E-state index in [9.17, 15) is 4.39 Å². The normalized spacial score (nSPS) is 18.6. The largest absolute Gasteiger partial charge is 0.330 e. The molecule has 0 bridgehead atoms. The van der Waals surface area contributed by atoms with Crippen LogP contribution in [-0.2, 0) is 5.41 Å². The summed E-state index contributed by atoms with van der Waals surface area (Å²) in [6, 6.07) is 6.84. The Bertz CT molecular complexity index is 287. The molecule has 0 aromatic heterocycles. The summed E-state index contributed by atoms with van der Waals surface area (Å²) in [4.78, 5) is 0. The Morgan fingerprint density at radius 3 is 2.31 bits per heavy atom. The molecule has 1 fully saturated rings. The lowest BCUT2D eigenvalue weighted by molar-refractivity contribution is 0.611. The summed E-state index contributed by atoms with van der Waals surface area (Å²) < 4.78 is 12.7. The third kappa shape index (κ3) is 1.59. The first-order valence-electron chi connectivity index (χ1n) is 4.73. The van der Waals surface area contributed by atoms with E-state index in [1.807, 2.05) is 12.1 Å². The smallest absolute Gasteiger partial charge is 0.123 e. The zero-order valence-electron chi connectivity index (χ0n) is 7.59. The predicted molar refractivity (Wildman–Crippen MR) is 51.0 cm³/mol. The van der Waals surface area contributed by atoms with Crippen LogP contribution < -0.4 is 5.73 Å². The Morgan fingerprint density at radius 1 is 1.23 bits per heavy atom. The maximum Gasteiger partial charge on any atom is 0.123 e. The van der Waals surface area contributed by atoms with Crippen molar-refractivity contribution in [1.29, 1.82) is 0 Å². The van der Waals surface area contributed by atoms with Gasteiger partial charge in [0.15, 0.2) is 0 Å². The molecular formula is C11H14FN. The van der Waals surface area contributed by atoms with Crippen molar-refractivity contribution in [3.8, 4) is 0 Å². The van der Waals surface area contributed by atoms with Gasteiger partial charge in [-0.05, 0) is 48.9 Å². The molecule has 0 atom stereocenters. The van der Waals surface area contributed by atoms with E-state index in [1.54, 1.807) is 0 Å². The Morgan fingerprint density at radius 2 is 1.85 bits per heavy atom. The monoisotopic (exact) mass is 179 g/mol. The van der Waals surface area contributed by atoms with Crippen LogP contribution in [0, 0.1) is 5.82 Å². The van der Waals surface area contributed by atoms with Crippen LogP contribution in [0.25, 0.3) is 0 Å². The van der Waals surface area contributed by atoms with Crippen LogP contribution in [0.1, 0.15) is 24.8 Å². The van der Waals surface area contributed by atoms with Crippen LogP contribution in [0.4, 0.5) is 4.39 Å². The highest BCUT2D eigenvalue weighted by Gasteiger charge is 2.42. The zero-order chi connectivity index (χ0) is 9.31. The minimum atomic E-state index is -0.160. The third-order valence-corrected chi connectivity index (χ3v) is 2.93. The van der Waals surface area contributed by atoms with Crippen molar-refractivity contribution >= 4 is 0 Å². The average molecular weight is 179 g/mol. The molecule has 1 nitrogen and oxygen atoms in total. The topological polar surface area (TPSA) is 26.0 Å². The first-order chi connectivity index (χ1) is 6.27. The summed E-state index contributed by atoms with van der Waals surface area (Å²) in [6.45, 7) is 0.720. The highest BCUT2D eigenvalue weighted by molar-refractivity contribution is 5.31. The number of hydrogen-bond acceptors (Lipinski definition) is 1. The van der Waals surface area contributed by atoms with Gasteiger partial charge < -0.3 is 5.73 Å². The van der Waals surface area contributed by atoms with Crippen molar-refractivity contribution in [3.05, 3.63) is 35.6 Å². The second kappa shape index (κ2) is 3.11. The van der Waals surface area contributed by atoms with Gasteiger partial charge >= 0.3 is 0 Å². The van der Waals surface area contributed by atoms with Crippen LogP contribution >= 0.6 is 0 Å². The molecular weight excluding hydrogens is 165 g/mol. The molecule has 0 spiro atoms. The van der Waals surface area contributed by atoms with E-state index in [-0.39, 0.29) is 5.82 Å². The molecule has 0 aliphatic heterocycles. The molecule has 1 aliphatic carbocycles. The minimum absolute atomic E-state index is 0.160. The van der Waals surface area contributed by atoms with Gasteiger partial charge in [-0.2, -0.15) is 0 Å². The maximum atomic E-state index is 12.7. The van der Waals surface area contributed by atoms with E-state index >= 15 is 0 Å². The molecule has 0 saturated heterocycles.